The van der Waals surface area contributed by atoms with E-state index in [-0.39, 0.29) is 11.7 Å². The summed E-state index contributed by atoms with van der Waals surface area (Å²) in [5.74, 6) is 0.205. The highest BCUT2D eigenvalue weighted by atomic mass is 32.2. The summed E-state index contributed by atoms with van der Waals surface area (Å²) in [7, 11) is -2.67. The molecular formula is C23H30N2O3S2. The number of carbonyl (C=O) groups is 2. The van der Waals surface area contributed by atoms with Crippen molar-refractivity contribution in [2.45, 2.75) is 46.0 Å². The second kappa shape index (κ2) is 9.02. The minimum atomic E-state index is -2.67. The predicted octanol–water partition coefficient (Wildman–Crippen LogP) is 4.44. The molecule has 2 aromatic rings. The van der Waals surface area contributed by atoms with Gasteiger partial charge in [-0.25, -0.2) is 4.21 Å². The fourth-order valence-corrected chi connectivity index (χ4v) is 6.37. The number of hydrogen-bond acceptors (Lipinski definition) is 4. The lowest BCUT2D eigenvalue weighted by Gasteiger charge is -2.31. The van der Waals surface area contributed by atoms with Crippen molar-refractivity contribution in [1.82, 2.24) is 4.90 Å². The Hall–Kier alpha value is -1.99. The van der Waals surface area contributed by atoms with Gasteiger partial charge in [0, 0.05) is 29.5 Å². The van der Waals surface area contributed by atoms with E-state index in [4.69, 9.17) is 0 Å². The summed E-state index contributed by atoms with van der Waals surface area (Å²) in [6.07, 6.45) is 1.44. The van der Waals surface area contributed by atoms with Crippen LogP contribution in [-0.2, 0) is 26.4 Å². The third-order valence-electron chi connectivity index (χ3n) is 5.64. The van der Waals surface area contributed by atoms with Gasteiger partial charge in [0.05, 0.1) is 20.0 Å². The average molecular weight is 447 g/mol. The molecule has 162 valence electrons. The molecule has 1 aromatic carbocycles. The first-order valence-electron chi connectivity index (χ1n) is 10.4. The smallest absolute Gasteiger partial charge is 0.295 e. The van der Waals surface area contributed by atoms with Crippen LogP contribution >= 0.6 is 11.3 Å². The summed E-state index contributed by atoms with van der Waals surface area (Å²) < 4.78 is 17.4. The summed E-state index contributed by atoms with van der Waals surface area (Å²) in [5.41, 5.74) is 1.45. The molecule has 5 nitrogen and oxygen atoms in total. The van der Waals surface area contributed by atoms with Crippen LogP contribution in [0.5, 0.6) is 0 Å². The van der Waals surface area contributed by atoms with E-state index in [1.165, 1.54) is 11.3 Å². The van der Waals surface area contributed by atoms with Crippen molar-refractivity contribution in [2.75, 3.05) is 24.6 Å². The topological polar surface area (TPSA) is 66.8 Å². The van der Waals surface area contributed by atoms with Crippen LogP contribution in [0.4, 0.5) is 0 Å². The van der Waals surface area contributed by atoms with Gasteiger partial charge in [-0.2, -0.15) is 4.36 Å². The standard InChI is InChI=1S/C23H30N2O3S2/c1-5-19-11-12-20(29-19)21(26)24-30(28)15-6-13-25(14-16-30)22(27)23(3,4)18-9-7-17(2)8-10-18/h7-12H,5-6,13-16H2,1-4H3. The summed E-state index contributed by atoms with van der Waals surface area (Å²) in [6.45, 7) is 8.80. The van der Waals surface area contributed by atoms with E-state index in [2.05, 4.69) is 4.36 Å². The molecule has 30 heavy (non-hydrogen) atoms. The van der Waals surface area contributed by atoms with Crippen LogP contribution in [0.25, 0.3) is 0 Å². The summed E-state index contributed by atoms with van der Waals surface area (Å²) in [4.78, 5) is 29.2. The van der Waals surface area contributed by atoms with Crippen molar-refractivity contribution < 1.29 is 13.8 Å². The molecule has 0 saturated carbocycles. The lowest BCUT2D eigenvalue weighted by molar-refractivity contribution is -0.136. The van der Waals surface area contributed by atoms with E-state index < -0.39 is 21.1 Å². The zero-order chi connectivity index (χ0) is 21.9. The molecule has 0 spiro atoms. The maximum absolute atomic E-state index is 13.3. The molecule has 1 fully saturated rings. The Morgan fingerprint density at radius 1 is 1.10 bits per heavy atom. The first kappa shape index (κ1) is 22.7. The van der Waals surface area contributed by atoms with Crippen molar-refractivity contribution in [3.8, 4) is 0 Å². The summed E-state index contributed by atoms with van der Waals surface area (Å²) in [5, 5.41) is 0. The number of rotatable bonds is 4. The number of aryl methyl sites for hydroxylation is 2. The molecule has 1 atom stereocenters. The third-order valence-corrected chi connectivity index (χ3v) is 9.10. The van der Waals surface area contributed by atoms with Crippen LogP contribution in [0.2, 0.25) is 0 Å². The molecule has 3 rings (SSSR count). The summed E-state index contributed by atoms with van der Waals surface area (Å²) >= 11 is 1.41. The van der Waals surface area contributed by atoms with Crippen molar-refractivity contribution in [2.24, 2.45) is 4.36 Å². The Labute approximate surface area is 183 Å². The molecule has 0 bridgehead atoms. The van der Waals surface area contributed by atoms with Crippen molar-refractivity contribution in [3.05, 3.63) is 57.3 Å². The highest BCUT2D eigenvalue weighted by molar-refractivity contribution is 7.93. The molecule has 0 aliphatic carbocycles. The van der Waals surface area contributed by atoms with E-state index in [1.807, 2.05) is 58.0 Å². The van der Waals surface area contributed by atoms with Gasteiger partial charge in [-0.3, -0.25) is 9.59 Å². The molecule has 0 N–H and O–H groups in total. The molecule has 1 aliphatic rings. The maximum Gasteiger partial charge on any atom is 0.295 e. The molecule has 2 heterocycles. The van der Waals surface area contributed by atoms with Gasteiger partial charge in [-0.15, -0.1) is 11.3 Å². The van der Waals surface area contributed by atoms with Gasteiger partial charge in [0.2, 0.25) is 5.91 Å². The number of benzene rings is 1. The van der Waals surface area contributed by atoms with E-state index in [0.717, 1.165) is 22.4 Å². The van der Waals surface area contributed by atoms with Crippen molar-refractivity contribution in [1.29, 1.82) is 0 Å². The van der Waals surface area contributed by atoms with Gasteiger partial charge in [-0.1, -0.05) is 36.8 Å². The van der Waals surface area contributed by atoms with Crippen LogP contribution in [-0.4, -0.2) is 45.5 Å². The average Bonchev–Trinajstić information content (AvgIpc) is 3.12. The van der Waals surface area contributed by atoms with Crippen molar-refractivity contribution >= 4 is 32.9 Å². The Kier molecular flexibility index (Phi) is 6.82. The number of carbonyl (C=O) groups excluding carboxylic acids is 2. The molecule has 1 unspecified atom stereocenters. The largest absolute Gasteiger partial charge is 0.341 e. The molecule has 1 aromatic heterocycles. The van der Waals surface area contributed by atoms with E-state index in [9.17, 15) is 13.8 Å². The van der Waals surface area contributed by atoms with Gasteiger partial charge in [0.15, 0.2) is 0 Å². The predicted molar refractivity (Wildman–Crippen MR) is 124 cm³/mol. The third kappa shape index (κ3) is 5.01. The van der Waals surface area contributed by atoms with Gasteiger partial charge >= 0.3 is 0 Å². The minimum absolute atomic E-state index is 0.0205. The first-order valence-corrected chi connectivity index (χ1v) is 13.0. The monoisotopic (exact) mass is 446 g/mol. The zero-order valence-electron chi connectivity index (χ0n) is 18.1. The Morgan fingerprint density at radius 2 is 1.80 bits per heavy atom. The number of thiophene rings is 1. The molecule has 2 amide bonds. The van der Waals surface area contributed by atoms with Crippen LogP contribution in [0, 0.1) is 6.92 Å². The highest BCUT2D eigenvalue weighted by Crippen LogP contribution is 2.27. The lowest BCUT2D eigenvalue weighted by atomic mass is 9.82. The van der Waals surface area contributed by atoms with Crippen LogP contribution in [0.1, 0.15) is 52.9 Å². The first-order chi connectivity index (χ1) is 14.1. The normalized spacial score (nSPS) is 19.9. The van der Waals surface area contributed by atoms with E-state index >= 15 is 0 Å². The van der Waals surface area contributed by atoms with Crippen LogP contribution in [0.15, 0.2) is 40.8 Å². The Balaban J connectivity index is 1.74. The lowest BCUT2D eigenvalue weighted by Crippen LogP contribution is -2.44. The zero-order valence-corrected chi connectivity index (χ0v) is 19.8. The number of amides is 2. The molecular weight excluding hydrogens is 416 g/mol. The SMILES string of the molecule is CCc1ccc(C(=O)N=S2(=O)CCCN(C(=O)C(C)(C)c3ccc(C)cc3)CC2)s1. The molecule has 0 radical (unpaired) electrons. The Morgan fingerprint density at radius 3 is 2.43 bits per heavy atom. The van der Waals surface area contributed by atoms with E-state index in [1.54, 1.807) is 11.0 Å². The van der Waals surface area contributed by atoms with Gasteiger partial charge < -0.3 is 4.90 Å². The van der Waals surface area contributed by atoms with Crippen molar-refractivity contribution in [3.63, 3.8) is 0 Å². The fraction of sp³-hybridized carbons (Fsp3) is 0.478. The van der Waals surface area contributed by atoms with Gasteiger partial charge in [-0.05, 0) is 51.3 Å². The fourth-order valence-electron chi connectivity index (χ4n) is 3.61. The highest BCUT2D eigenvalue weighted by Gasteiger charge is 2.35. The maximum atomic E-state index is 13.3. The minimum Gasteiger partial charge on any atom is -0.341 e. The van der Waals surface area contributed by atoms with Gasteiger partial charge in [0.1, 0.15) is 0 Å². The van der Waals surface area contributed by atoms with Crippen LogP contribution < -0.4 is 0 Å². The quantitative estimate of drug-likeness (QED) is 0.697. The summed E-state index contributed by atoms with van der Waals surface area (Å²) in [6, 6.07) is 11.7. The number of hydrogen-bond donors (Lipinski definition) is 0. The van der Waals surface area contributed by atoms with E-state index in [0.29, 0.717) is 30.1 Å². The number of nitrogens with zero attached hydrogens (tertiary/aromatic N) is 2. The van der Waals surface area contributed by atoms with Gasteiger partial charge in [0.25, 0.3) is 5.91 Å². The molecule has 1 saturated heterocycles. The molecule has 7 heteroatoms. The van der Waals surface area contributed by atoms with Crippen LogP contribution in [0.3, 0.4) is 0 Å². The molecule has 1 aliphatic heterocycles. The second-order valence-electron chi connectivity index (χ2n) is 8.33. The Bertz CT molecular complexity index is 1040. The second-order valence-corrected chi connectivity index (χ2v) is 12.0.